The van der Waals surface area contributed by atoms with Crippen LogP contribution in [-0.4, -0.2) is 32.8 Å². The molecule has 1 aromatic carbocycles. The van der Waals surface area contributed by atoms with Gasteiger partial charge in [-0.2, -0.15) is 0 Å². The maximum absolute atomic E-state index is 10.5. The lowest BCUT2D eigenvalue weighted by Crippen LogP contribution is -2.04. The Balaban J connectivity index is 0.000000873. The minimum absolute atomic E-state index is 0.222. The highest BCUT2D eigenvalue weighted by atomic mass is 35.5. The molecule has 18 heavy (non-hydrogen) atoms. The highest BCUT2D eigenvalue weighted by molar-refractivity contribution is 6.54. The average Bonchev–Trinajstić information content (AvgIpc) is 2.29. The van der Waals surface area contributed by atoms with Crippen LogP contribution in [0.2, 0.25) is 0 Å². The SMILES string of the molecule is O=C(O)c1cc(C(=O)O)cc([N+](=O)[O-])c1.O=CCl. The van der Waals surface area contributed by atoms with E-state index in [-0.39, 0.29) is 5.75 Å². The van der Waals surface area contributed by atoms with Gasteiger partial charge in [0.15, 0.2) is 0 Å². The third-order valence-corrected chi connectivity index (χ3v) is 1.62. The summed E-state index contributed by atoms with van der Waals surface area (Å²) in [5.41, 5.74) is -1.42. The van der Waals surface area contributed by atoms with Crippen molar-refractivity contribution in [2.24, 2.45) is 0 Å². The molecule has 0 saturated carbocycles. The lowest BCUT2D eigenvalue weighted by atomic mass is 10.1. The number of hydrogen-bond acceptors (Lipinski definition) is 5. The molecule has 0 spiro atoms. The van der Waals surface area contributed by atoms with E-state index in [1.165, 1.54) is 0 Å². The summed E-state index contributed by atoms with van der Waals surface area (Å²) in [5.74, 6) is -2.61. The zero-order valence-electron chi connectivity index (χ0n) is 8.57. The van der Waals surface area contributed by atoms with Crippen LogP contribution in [-0.2, 0) is 4.79 Å². The van der Waals surface area contributed by atoms with Gasteiger partial charge in [-0.05, 0) is 17.7 Å². The Bertz CT molecular complexity index is 421. The van der Waals surface area contributed by atoms with Gasteiger partial charge in [0, 0.05) is 12.1 Å². The second-order valence-electron chi connectivity index (χ2n) is 2.73. The first-order chi connectivity index (χ1) is 8.33. The number of carbonyl (C=O) groups is 3. The Morgan fingerprint density at radius 3 is 1.72 bits per heavy atom. The van der Waals surface area contributed by atoms with E-state index in [0.717, 1.165) is 18.2 Å². The van der Waals surface area contributed by atoms with E-state index in [2.05, 4.69) is 11.6 Å². The largest absolute Gasteiger partial charge is 0.478 e. The average molecular weight is 276 g/mol. The number of halogens is 1. The Labute approximate surface area is 105 Å². The molecule has 8 nitrogen and oxygen atoms in total. The highest BCUT2D eigenvalue weighted by Crippen LogP contribution is 2.17. The first-order valence-corrected chi connectivity index (χ1v) is 4.57. The normalized spacial score (nSPS) is 8.72. The van der Waals surface area contributed by atoms with Crippen LogP contribution in [0.5, 0.6) is 0 Å². The van der Waals surface area contributed by atoms with Crippen molar-refractivity contribution in [2.75, 3.05) is 0 Å². The molecule has 0 atom stereocenters. The molecule has 0 aliphatic carbocycles. The van der Waals surface area contributed by atoms with Crippen LogP contribution in [0.25, 0.3) is 0 Å². The molecular weight excluding hydrogens is 270 g/mol. The molecule has 0 aromatic heterocycles. The van der Waals surface area contributed by atoms with E-state index < -0.39 is 33.7 Å². The lowest BCUT2D eigenvalue weighted by molar-refractivity contribution is -0.384. The monoisotopic (exact) mass is 275 g/mol. The lowest BCUT2D eigenvalue weighted by Gasteiger charge is -1.98. The van der Waals surface area contributed by atoms with Gasteiger partial charge in [0.2, 0.25) is 5.75 Å². The summed E-state index contributed by atoms with van der Waals surface area (Å²) in [5, 5.41) is 27.5. The molecule has 0 radical (unpaired) electrons. The van der Waals surface area contributed by atoms with Gasteiger partial charge in [0.1, 0.15) is 0 Å². The Kier molecular flexibility index (Phi) is 6.01. The first kappa shape index (κ1) is 15.5. The Morgan fingerprint density at radius 2 is 1.50 bits per heavy atom. The third kappa shape index (κ3) is 4.58. The summed E-state index contributed by atoms with van der Waals surface area (Å²) in [6.07, 6.45) is 0. The maximum atomic E-state index is 10.5. The number of nitrogens with zero attached hydrogens (tertiary/aromatic N) is 1. The number of nitro benzene ring substituents is 1. The smallest absolute Gasteiger partial charge is 0.335 e. The minimum atomic E-state index is -1.42. The molecular formula is C9H6ClNO7. The van der Waals surface area contributed by atoms with Crippen LogP contribution >= 0.6 is 11.6 Å². The van der Waals surface area contributed by atoms with Gasteiger partial charge in [-0.3, -0.25) is 14.9 Å². The predicted octanol–water partition coefficient (Wildman–Crippen LogP) is 1.41. The molecule has 0 bridgehead atoms. The minimum Gasteiger partial charge on any atom is -0.478 e. The Morgan fingerprint density at radius 1 is 1.17 bits per heavy atom. The number of carboxylic acids is 2. The third-order valence-electron chi connectivity index (χ3n) is 1.62. The molecule has 1 aromatic rings. The van der Waals surface area contributed by atoms with E-state index >= 15 is 0 Å². The number of hydrogen-bond donors (Lipinski definition) is 2. The number of non-ortho nitro benzene ring substituents is 1. The van der Waals surface area contributed by atoms with Crippen LogP contribution in [0.1, 0.15) is 20.7 Å². The molecule has 0 aliphatic heterocycles. The summed E-state index contributed by atoms with van der Waals surface area (Å²) in [7, 11) is 0. The number of carbonyl (C=O) groups excluding carboxylic acids is 1. The second-order valence-corrected chi connectivity index (χ2v) is 2.90. The number of nitro groups is 1. The molecule has 0 amide bonds. The molecule has 0 unspecified atom stereocenters. The van der Waals surface area contributed by atoms with Crippen LogP contribution in [0.3, 0.4) is 0 Å². The number of carboxylic acid groups (broad SMARTS) is 2. The highest BCUT2D eigenvalue weighted by Gasteiger charge is 2.16. The summed E-state index contributed by atoms with van der Waals surface area (Å²) < 4.78 is 0. The molecule has 1 rings (SSSR count). The van der Waals surface area contributed by atoms with Gasteiger partial charge in [0.25, 0.3) is 5.69 Å². The fraction of sp³-hybridized carbons (Fsp3) is 0. The molecule has 0 saturated heterocycles. The van der Waals surface area contributed by atoms with Crippen LogP contribution in [0, 0.1) is 10.1 Å². The number of aromatic carboxylic acids is 2. The molecule has 96 valence electrons. The van der Waals surface area contributed by atoms with Crippen molar-refractivity contribution < 1.29 is 29.5 Å². The van der Waals surface area contributed by atoms with E-state index in [4.69, 9.17) is 15.0 Å². The van der Waals surface area contributed by atoms with Gasteiger partial charge < -0.3 is 10.2 Å². The first-order valence-electron chi connectivity index (χ1n) is 4.13. The molecule has 2 N–H and O–H groups in total. The summed E-state index contributed by atoms with van der Waals surface area (Å²) in [6.45, 7) is 0. The maximum Gasteiger partial charge on any atom is 0.335 e. The van der Waals surface area contributed by atoms with Crippen LogP contribution in [0.15, 0.2) is 18.2 Å². The van der Waals surface area contributed by atoms with Crippen molar-refractivity contribution in [3.8, 4) is 0 Å². The van der Waals surface area contributed by atoms with Crippen molar-refractivity contribution in [2.45, 2.75) is 0 Å². The van der Waals surface area contributed by atoms with Gasteiger partial charge in [-0.25, -0.2) is 9.59 Å². The zero-order chi connectivity index (χ0) is 14.3. The van der Waals surface area contributed by atoms with Crippen molar-refractivity contribution in [3.63, 3.8) is 0 Å². The van der Waals surface area contributed by atoms with E-state index in [9.17, 15) is 19.7 Å². The standard InChI is InChI=1S/C8H5NO6.CHClO/c10-7(11)4-1-5(8(12)13)3-6(2-4)9(14)15;2-1-3/h1-3H,(H,10,11)(H,12,13);1H. The van der Waals surface area contributed by atoms with Gasteiger partial charge in [-0.1, -0.05) is 0 Å². The van der Waals surface area contributed by atoms with Crippen molar-refractivity contribution in [1.29, 1.82) is 0 Å². The quantitative estimate of drug-likeness (QED) is 0.368. The topological polar surface area (TPSA) is 135 Å². The second kappa shape index (κ2) is 6.97. The summed E-state index contributed by atoms with van der Waals surface area (Å²) in [6, 6.07) is 2.46. The van der Waals surface area contributed by atoms with Gasteiger partial charge in [-0.15, -0.1) is 0 Å². The number of rotatable bonds is 3. The fourth-order valence-corrected chi connectivity index (χ4v) is 0.964. The van der Waals surface area contributed by atoms with Crippen molar-refractivity contribution >= 4 is 35.0 Å². The van der Waals surface area contributed by atoms with Gasteiger partial charge >= 0.3 is 11.9 Å². The molecule has 0 aliphatic rings. The van der Waals surface area contributed by atoms with Crippen LogP contribution < -0.4 is 0 Å². The zero-order valence-corrected chi connectivity index (χ0v) is 9.33. The van der Waals surface area contributed by atoms with Crippen molar-refractivity contribution in [1.82, 2.24) is 0 Å². The molecule has 9 heteroatoms. The van der Waals surface area contributed by atoms with Gasteiger partial charge in [0.05, 0.1) is 16.1 Å². The van der Waals surface area contributed by atoms with E-state index in [1.54, 1.807) is 0 Å². The Hall–Kier alpha value is -2.48. The van der Waals surface area contributed by atoms with E-state index in [1.807, 2.05) is 0 Å². The summed E-state index contributed by atoms with van der Waals surface area (Å²) >= 11 is 4.32. The molecule has 0 fully saturated rings. The van der Waals surface area contributed by atoms with Crippen LogP contribution in [0.4, 0.5) is 5.69 Å². The van der Waals surface area contributed by atoms with E-state index in [0.29, 0.717) is 0 Å². The predicted molar refractivity (Wildman–Crippen MR) is 59.6 cm³/mol. The fourth-order valence-electron chi connectivity index (χ4n) is 0.964. The van der Waals surface area contributed by atoms with Crippen molar-refractivity contribution in [3.05, 3.63) is 39.4 Å². The molecule has 0 heterocycles. The summed E-state index contributed by atoms with van der Waals surface area (Å²) in [4.78, 5) is 39.2. The number of benzene rings is 1.